The molecule has 184 valence electrons. The Labute approximate surface area is 194 Å². The molecule has 2 aliphatic rings. The summed E-state index contributed by atoms with van der Waals surface area (Å²) in [5.41, 5.74) is -3.33. The van der Waals surface area contributed by atoms with Crippen molar-refractivity contribution >= 4 is 22.8 Å². The fourth-order valence-electron chi connectivity index (χ4n) is 4.41. The number of aliphatic hydroxyl groups is 1. The van der Waals surface area contributed by atoms with E-state index >= 15 is 0 Å². The van der Waals surface area contributed by atoms with E-state index in [4.69, 9.17) is 0 Å². The summed E-state index contributed by atoms with van der Waals surface area (Å²) in [7, 11) is 0. The highest BCUT2D eigenvalue weighted by Gasteiger charge is 2.59. The number of β-amino-alcohol motifs (C(OH)–C–C–N with tert-alkyl or cyclic N) is 1. The first-order chi connectivity index (χ1) is 16.4. The molecular formula is C23H19F5N4O3. The summed E-state index contributed by atoms with van der Waals surface area (Å²) in [4.78, 5) is 31.8. The fraction of sp³-hybridized carbons (Fsp3) is 0.348. The Balaban J connectivity index is 1.68. The van der Waals surface area contributed by atoms with Crippen LogP contribution in [0.25, 0.3) is 16.7 Å². The highest BCUT2D eigenvalue weighted by Crippen LogP contribution is 2.50. The van der Waals surface area contributed by atoms with Gasteiger partial charge in [-0.1, -0.05) is 6.07 Å². The summed E-state index contributed by atoms with van der Waals surface area (Å²) in [6, 6.07) is 3.53. The topological polar surface area (TPSA) is 87.5 Å². The second kappa shape index (κ2) is 7.74. The molecule has 1 saturated heterocycles. The summed E-state index contributed by atoms with van der Waals surface area (Å²) in [6.07, 6.45) is -3.31. The number of carbonyl (C=O) groups excluding carboxylic acids is 1. The van der Waals surface area contributed by atoms with E-state index in [1.807, 2.05) is 0 Å². The van der Waals surface area contributed by atoms with Crippen LogP contribution in [0.4, 0.5) is 27.8 Å². The molecule has 1 aliphatic heterocycles. The van der Waals surface area contributed by atoms with Gasteiger partial charge in [0.15, 0.2) is 5.65 Å². The zero-order chi connectivity index (χ0) is 25.3. The van der Waals surface area contributed by atoms with E-state index in [1.165, 1.54) is 12.1 Å². The van der Waals surface area contributed by atoms with Gasteiger partial charge in [-0.25, -0.2) is 13.8 Å². The number of amides is 1. The predicted molar refractivity (Wildman–Crippen MR) is 116 cm³/mol. The van der Waals surface area contributed by atoms with Gasteiger partial charge >= 0.3 is 6.18 Å². The lowest BCUT2D eigenvalue weighted by Crippen LogP contribution is -2.44. The number of piperidine rings is 1. The molecule has 1 amide bonds. The highest BCUT2D eigenvalue weighted by molar-refractivity contribution is 5.97. The minimum atomic E-state index is -4.76. The smallest absolute Gasteiger partial charge is 0.388 e. The Bertz CT molecular complexity index is 1400. The number of benzene rings is 1. The lowest BCUT2D eigenvalue weighted by Gasteiger charge is -2.22. The lowest BCUT2D eigenvalue weighted by atomic mass is 10.1. The summed E-state index contributed by atoms with van der Waals surface area (Å²) in [5, 5.41) is 11.8. The van der Waals surface area contributed by atoms with E-state index in [2.05, 4.69) is 4.98 Å². The van der Waals surface area contributed by atoms with E-state index in [0.29, 0.717) is 32.3 Å². The highest BCUT2D eigenvalue weighted by atomic mass is 19.4. The van der Waals surface area contributed by atoms with Crippen molar-refractivity contribution in [1.29, 1.82) is 0 Å². The van der Waals surface area contributed by atoms with Crippen molar-refractivity contribution in [3.8, 4) is 5.69 Å². The number of hydrogen-bond donors (Lipinski definition) is 2. The van der Waals surface area contributed by atoms with E-state index < -0.39 is 52.0 Å². The third-order valence-electron chi connectivity index (χ3n) is 6.53. The standard InChI is InChI=1S/C23H19F5N4O3/c1-11(23(26,27)28)29-21(34)14-9-32(18-15(24)3-2-4-16(18)25)20-13(19(14)33)5-6-17(30-20)31-8-12-7-22(12,35)10-31/h2-6,9,11-12,35H,7-8,10H2,1H3,(H,29,34). The number of anilines is 1. The Morgan fingerprint density at radius 2 is 1.91 bits per heavy atom. The van der Waals surface area contributed by atoms with E-state index in [9.17, 15) is 36.6 Å². The number of fused-ring (bicyclic) bond motifs is 2. The van der Waals surface area contributed by atoms with Crippen molar-refractivity contribution in [3.63, 3.8) is 0 Å². The van der Waals surface area contributed by atoms with Crippen molar-refractivity contribution in [3.05, 3.63) is 63.9 Å². The molecule has 3 atom stereocenters. The molecule has 1 aliphatic carbocycles. The quantitative estimate of drug-likeness (QED) is 0.545. The summed E-state index contributed by atoms with van der Waals surface area (Å²) >= 11 is 0. The van der Waals surface area contributed by atoms with Gasteiger partial charge in [-0.15, -0.1) is 0 Å². The number of para-hydroxylation sites is 1. The Morgan fingerprint density at radius 1 is 1.23 bits per heavy atom. The largest absolute Gasteiger partial charge is 0.408 e. The van der Waals surface area contributed by atoms with E-state index in [-0.39, 0.29) is 17.0 Å². The average Bonchev–Trinajstić information content (AvgIpc) is 3.29. The minimum absolute atomic E-state index is 0.0768. The van der Waals surface area contributed by atoms with Crippen LogP contribution in [0.5, 0.6) is 0 Å². The second-order valence-corrected chi connectivity index (χ2v) is 8.97. The van der Waals surface area contributed by atoms with Gasteiger partial charge in [0, 0.05) is 25.2 Å². The summed E-state index contributed by atoms with van der Waals surface area (Å²) in [5.74, 6) is -3.00. The first-order valence-corrected chi connectivity index (χ1v) is 10.7. The maximum Gasteiger partial charge on any atom is 0.408 e. The normalized spacial score (nSPS) is 22.3. The molecule has 0 bridgehead atoms. The zero-order valence-corrected chi connectivity index (χ0v) is 18.2. The van der Waals surface area contributed by atoms with Gasteiger partial charge in [0.1, 0.15) is 34.7 Å². The zero-order valence-electron chi connectivity index (χ0n) is 18.2. The first kappa shape index (κ1) is 23.2. The molecule has 3 heterocycles. The fourth-order valence-corrected chi connectivity index (χ4v) is 4.41. The van der Waals surface area contributed by atoms with Gasteiger partial charge in [0.25, 0.3) is 5.91 Å². The average molecular weight is 494 g/mol. The van der Waals surface area contributed by atoms with Crippen molar-refractivity contribution in [2.45, 2.75) is 31.2 Å². The number of alkyl halides is 3. The predicted octanol–water partition coefficient (Wildman–Crippen LogP) is 2.92. The Kier molecular flexibility index (Phi) is 5.13. The van der Waals surface area contributed by atoms with Gasteiger partial charge in [0.05, 0.1) is 11.0 Å². The maximum atomic E-state index is 14.7. The van der Waals surface area contributed by atoms with Crippen LogP contribution < -0.4 is 15.6 Å². The lowest BCUT2D eigenvalue weighted by molar-refractivity contribution is -0.149. The number of nitrogens with zero attached hydrogens (tertiary/aromatic N) is 3. The van der Waals surface area contributed by atoms with Crippen LogP contribution in [0.2, 0.25) is 0 Å². The van der Waals surface area contributed by atoms with Crippen LogP contribution in [0.1, 0.15) is 23.7 Å². The van der Waals surface area contributed by atoms with Gasteiger partial charge in [-0.2, -0.15) is 13.2 Å². The van der Waals surface area contributed by atoms with Crippen LogP contribution in [0, 0.1) is 17.6 Å². The Morgan fingerprint density at radius 3 is 2.51 bits per heavy atom. The minimum Gasteiger partial charge on any atom is -0.388 e. The van der Waals surface area contributed by atoms with Crippen molar-refractivity contribution in [2.75, 3.05) is 18.0 Å². The van der Waals surface area contributed by atoms with E-state index in [1.54, 1.807) is 10.2 Å². The number of nitrogens with one attached hydrogen (secondary N) is 1. The van der Waals surface area contributed by atoms with Crippen LogP contribution in [0.3, 0.4) is 0 Å². The van der Waals surface area contributed by atoms with E-state index in [0.717, 1.165) is 29.0 Å². The molecule has 12 heteroatoms. The van der Waals surface area contributed by atoms with Gasteiger partial charge in [-0.05, 0) is 37.6 Å². The second-order valence-electron chi connectivity index (χ2n) is 8.97. The maximum absolute atomic E-state index is 14.7. The number of aromatic nitrogens is 2. The number of rotatable bonds is 4. The van der Waals surface area contributed by atoms with Crippen LogP contribution in [-0.4, -0.2) is 51.5 Å². The molecule has 2 aromatic heterocycles. The molecule has 5 rings (SSSR count). The summed E-state index contributed by atoms with van der Waals surface area (Å²) < 4.78 is 69.1. The number of halogens is 5. The number of pyridine rings is 2. The SMILES string of the molecule is CC(NC(=O)c1cn(-c2c(F)cccc2F)c2nc(N3CC4CC4(O)C3)ccc2c1=O)C(F)(F)F. The molecule has 7 nitrogen and oxygen atoms in total. The molecule has 2 fully saturated rings. The molecule has 1 aromatic carbocycles. The molecular weight excluding hydrogens is 475 g/mol. The van der Waals surface area contributed by atoms with Crippen molar-refractivity contribution < 1.29 is 31.9 Å². The molecule has 35 heavy (non-hydrogen) atoms. The van der Waals surface area contributed by atoms with Gasteiger partial charge in [-0.3, -0.25) is 14.2 Å². The van der Waals surface area contributed by atoms with Crippen molar-refractivity contribution in [2.24, 2.45) is 5.92 Å². The molecule has 1 saturated carbocycles. The van der Waals surface area contributed by atoms with Crippen LogP contribution in [-0.2, 0) is 0 Å². The van der Waals surface area contributed by atoms with Gasteiger partial charge in [0.2, 0.25) is 5.43 Å². The van der Waals surface area contributed by atoms with Crippen molar-refractivity contribution in [1.82, 2.24) is 14.9 Å². The molecule has 0 spiro atoms. The molecule has 3 unspecified atom stereocenters. The monoisotopic (exact) mass is 494 g/mol. The van der Waals surface area contributed by atoms with Crippen LogP contribution >= 0.6 is 0 Å². The third-order valence-corrected chi connectivity index (χ3v) is 6.53. The number of hydrogen-bond acceptors (Lipinski definition) is 5. The summed E-state index contributed by atoms with van der Waals surface area (Å²) in [6.45, 7) is 1.50. The van der Waals surface area contributed by atoms with Crippen LogP contribution in [0.15, 0.2) is 41.3 Å². The number of carbonyl (C=O) groups is 1. The molecule has 3 aromatic rings. The van der Waals surface area contributed by atoms with Gasteiger partial charge < -0.3 is 15.3 Å². The molecule has 2 N–H and O–H groups in total. The Hall–Kier alpha value is -3.54. The molecule has 0 radical (unpaired) electrons. The third kappa shape index (κ3) is 3.91. The first-order valence-electron chi connectivity index (χ1n) is 10.7.